The molecule has 1 atom stereocenters. The van der Waals surface area contributed by atoms with E-state index in [1.54, 1.807) is 6.92 Å². The molecule has 2 aromatic rings. The molecule has 0 saturated heterocycles. The summed E-state index contributed by atoms with van der Waals surface area (Å²) in [5.74, 6) is 0.388. The highest BCUT2D eigenvalue weighted by Crippen LogP contribution is 2.27. The Morgan fingerprint density at radius 2 is 1.90 bits per heavy atom. The molecule has 4 heteroatoms. The average molecular weight is 289 g/mol. The molecule has 0 fully saturated rings. The van der Waals surface area contributed by atoms with Crippen LogP contribution in [0, 0.1) is 5.41 Å². The van der Waals surface area contributed by atoms with E-state index in [0.717, 1.165) is 11.0 Å². The first kappa shape index (κ1) is 15.6. The number of carbonyl (C=O) groups is 1. The fourth-order valence-electron chi connectivity index (χ4n) is 2.15. The molecular formula is C17H23NO3. The van der Waals surface area contributed by atoms with Gasteiger partial charge in [-0.15, -0.1) is 0 Å². The summed E-state index contributed by atoms with van der Waals surface area (Å²) in [6.45, 7) is 7.78. The largest absolute Gasteiger partial charge is 0.458 e. The van der Waals surface area contributed by atoms with E-state index >= 15 is 0 Å². The van der Waals surface area contributed by atoms with E-state index in [4.69, 9.17) is 4.42 Å². The summed E-state index contributed by atoms with van der Waals surface area (Å²) in [6, 6.07) is 9.39. The molecule has 0 radical (unpaired) electrons. The first-order chi connectivity index (χ1) is 9.67. The van der Waals surface area contributed by atoms with Gasteiger partial charge in [0.15, 0.2) is 0 Å². The van der Waals surface area contributed by atoms with E-state index in [9.17, 15) is 9.90 Å². The molecule has 4 nitrogen and oxygen atoms in total. The average Bonchev–Trinajstić information content (AvgIpc) is 2.79. The number of fused-ring (bicyclic) bond motifs is 1. The molecule has 0 spiro atoms. The number of carbonyl (C=O) groups excluding carboxylic acids is 1. The second kappa shape index (κ2) is 5.53. The summed E-state index contributed by atoms with van der Waals surface area (Å²) in [5.41, 5.74) is -0.573. The molecule has 1 aromatic carbocycles. The Morgan fingerprint density at radius 3 is 2.52 bits per heavy atom. The van der Waals surface area contributed by atoms with Crippen molar-refractivity contribution in [2.75, 3.05) is 6.54 Å². The molecule has 0 aliphatic rings. The molecule has 1 aromatic heterocycles. The molecule has 0 aliphatic carbocycles. The van der Waals surface area contributed by atoms with Gasteiger partial charge in [-0.25, -0.2) is 0 Å². The van der Waals surface area contributed by atoms with Gasteiger partial charge in [-0.05, 0) is 24.5 Å². The van der Waals surface area contributed by atoms with Crippen molar-refractivity contribution >= 4 is 16.9 Å². The third-order valence-corrected chi connectivity index (χ3v) is 3.28. The molecule has 1 amide bonds. The number of furan rings is 1. The lowest BCUT2D eigenvalue weighted by molar-refractivity contribution is -0.124. The number of para-hydroxylation sites is 1. The number of amides is 1. The van der Waals surface area contributed by atoms with Crippen molar-refractivity contribution in [3.63, 3.8) is 0 Å². The van der Waals surface area contributed by atoms with Crippen molar-refractivity contribution in [3.8, 4) is 0 Å². The Balaban J connectivity index is 2.06. The first-order valence-corrected chi connectivity index (χ1v) is 7.15. The van der Waals surface area contributed by atoms with Crippen LogP contribution in [0.3, 0.4) is 0 Å². The number of nitrogens with one attached hydrogen (secondary N) is 1. The van der Waals surface area contributed by atoms with Crippen molar-refractivity contribution in [2.24, 2.45) is 5.41 Å². The molecule has 2 rings (SSSR count). The molecule has 1 heterocycles. The summed E-state index contributed by atoms with van der Waals surface area (Å²) >= 11 is 0. The fraction of sp³-hybridized carbons (Fsp3) is 0.471. The van der Waals surface area contributed by atoms with Gasteiger partial charge in [0.25, 0.3) is 0 Å². The lowest BCUT2D eigenvalue weighted by Crippen LogP contribution is -2.39. The molecular weight excluding hydrogens is 266 g/mol. The highest BCUT2D eigenvalue weighted by atomic mass is 16.4. The van der Waals surface area contributed by atoms with Gasteiger partial charge in [0.1, 0.15) is 16.9 Å². The van der Waals surface area contributed by atoms with Gasteiger partial charge >= 0.3 is 0 Å². The van der Waals surface area contributed by atoms with Crippen LogP contribution >= 0.6 is 0 Å². The fourth-order valence-corrected chi connectivity index (χ4v) is 2.15. The van der Waals surface area contributed by atoms with Crippen molar-refractivity contribution in [3.05, 3.63) is 36.1 Å². The van der Waals surface area contributed by atoms with Crippen LogP contribution < -0.4 is 5.32 Å². The lowest BCUT2D eigenvalue weighted by Gasteiger charge is -2.23. The van der Waals surface area contributed by atoms with Crippen LogP contribution in [0.15, 0.2) is 34.7 Å². The summed E-state index contributed by atoms with van der Waals surface area (Å²) in [4.78, 5) is 11.9. The van der Waals surface area contributed by atoms with Crippen molar-refractivity contribution in [2.45, 2.75) is 39.7 Å². The molecule has 114 valence electrons. The normalized spacial score (nSPS) is 14.9. The zero-order valence-electron chi connectivity index (χ0n) is 13.1. The van der Waals surface area contributed by atoms with E-state index in [1.165, 1.54) is 0 Å². The first-order valence-electron chi connectivity index (χ1n) is 7.15. The zero-order chi connectivity index (χ0) is 15.7. The number of hydrogen-bond donors (Lipinski definition) is 2. The molecule has 0 aliphatic heterocycles. The van der Waals surface area contributed by atoms with Crippen molar-refractivity contribution in [1.82, 2.24) is 5.32 Å². The smallest absolute Gasteiger partial charge is 0.220 e. The summed E-state index contributed by atoms with van der Waals surface area (Å²) in [6.07, 6.45) is 0.420. The number of benzene rings is 1. The Hall–Kier alpha value is -1.81. The number of rotatable bonds is 4. The second-order valence-corrected chi connectivity index (χ2v) is 6.94. The van der Waals surface area contributed by atoms with Crippen LogP contribution in [-0.4, -0.2) is 17.6 Å². The van der Waals surface area contributed by atoms with Gasteiger partial charge in [0.2, 0.25) is 5.91 Å². The maximum atomic E-state index is 11.9. The highest BCUT2D eigenvalue weighted by Gasteiger charge is 2.28. The minimum Gasteiger partial charge on any atom is -0.458 e. The summed E-state index contributed by atoms with van der Waals surface area (Å²) in [7, 11) is 0. The predicted molar refractivity (Wildman–Crippen MR) is 82.9 cm³/mol. The van der Waals surface area contributed by atoms with Gasteiger partial charge in [-0.2, -0.15) is 0 Å². The van der Waals surface area contributed by atoms with Gasteiger partial charge in [0.05, 0.1) is 6.54 Å². The van der Waals surface area contributed by atoms with E-state index in [2.05, 4.69) is 5.32 Å². The van der Waals surface area contributed by atoms with E-state index in [1.807, 2.05) is 51.1 Å². The van der Waals surface area contributed by atoms with Crippen LogP contribution in [0.2, 0.25) is 0 Å². The maximum absolute atomic E-state index is 11.9. The number of aliphatic hydroxyl groups is 1. The Kier molecular flexibility index (Phi) is 4.10. The molecule has 2 N–H and O–H groups in total. The quantitative estimate of drug-likeness (QED) is 0.908. The van der Waals surface area contributed by atoms with Crippen LogP contribution in [0.25, 0.3) is 11.0 Å². The standard InChI is InChI=1S/C17H23NO3/c1-16(2,3)10-15(19)18-11-17(4,20)14-9-12-7-5-6-8-13(12)21-14/h5-9,20H,10-11H2,1-4H3,(H,18,19). The van der Waals surface area contributed by atoms with Gasteiger partial charge in [-0.3, -0.25) is 4.79 Å². The second-order valence-electron chi connectivity index (χ2n) is 6.94. The Bertz CT molecular complexity index is 602. The topological polar surface area (TPSA) is 62.5 Å². The van der Waals surface area contributed by atoms with E-state index < -0.39 is 5.60 Å². The molecule has 1 unspecified atom stereocenters. The van der Waals surface area contributed by atoms with Crippen molar-refractivity contribution < 1.29 is 14.3 Å². The maximum Gasteiger partial charge on any atom is 0.220 e. The van der Waals surface area contributed by atoms with Crippen LogP contribution in [0.4, 0.5) is 0 Å². The van der Waals surface area contributed by atoms with Gasteiger partial charge in [-0.1, -0.05) is 39.0 Å². The Morgan fingerprint density at radius 1 is 1.24 bits per heavy atom. The number of hydrogen-bond acceptors (Lipinski definition) is 3. The van der Waals surface area contributed by atoms with Gasteiger partial charge in [0, 0.05) is 11.8 Å². The minimum absolute atomic E-state index is 0.0705. The van der Waals surface area contributed by atoms with Crippen molar-refractivity contribution in [1.29, 1.82) is 0 Å². The van der Waals surface area contributed by atoms with Gasteiger partial charge < -0.3 is 14.8 Å². The predicted octanol–water partition coefficient (Wildman–Crippen LogP) is 3.19. The summed E-state index contributed by atoms with van der Waals surface area (Å²) < 4.78 is 5.66. The Labute approximate surface area is 125 Å². The van der Waals surface area contributed by atoms with Crippen LogP contribution in [0.1, 0.15) is 39.9 Å². The monoisotopic (exact) mass is 289 g/mol. The lowest BCUT2D eigenvalue weighted by atomic mass is 9.92. The molecule has 21 heavy (non-hydrogen) atoms. The third kappa shape index (κ3) is 4.08. The van der Waals surface area contributed by atoms with E-state index in [0.29, 0.717) is 12.2 Å². The van der Waals surface area contributed by atoms with E-state index in [-0.39, 0.29) is 17.9 Å². The summed E-state index contributed by atoms with van der Waals surface area (Å²) in [5, 5.41) is 14.2. The SMILES string of the molecule is CC(C)(C)CC(=O)NCC(C)(O)c1cc2ccccc2o1. The highest BCUT2D eigenvalue weighted by molar-refractivity contribution is 5.78. The van der Waals surface area contributed by atoms with Crippen LogP contribution in [0.5, 0.6) is 0 Å². The zero-order valence-corrected chi connectivity index (χ0v) is 13.1. The third-order valence-electron chi connectivity index (χ3n) is 3.28. The molecule has 0 saturated carbocycles. The van der Waals surface area contributed by atoms with Crippen LogP contribution in [-0.2, 0) is 10.4 Å². The minimum atomic E-state index is -1.23. The molecule has 0 bridgehead atoms.